The molecule has 0 aliphatic carbocycles. The Kier molecular flexibility index (Phi) is 4.74. The van der Waals surface area contributed by atoms with Gasteiger partial charge in [-0.15, -0.1) is 0 Å². The molecular formula is C18H20N2O4. The van der Waals surface area contributed by atoms with Gasteiger partial charge in [-0.3, -0.25) is 0 Å². The predicted molar refractivity (Wildman–Crippen MR) is 89.3 cm³/mol. The minimum atomic E-state index is -0.136. The first-order valence-electron chi connectivity index (χ1n) is 7.66. The second-order valence-corrected chi connectivity index (χ2v) is 5.55. The number of carbonyl (C=O) groups is 1. The molecule has 6 nitrogen and oxygen atoms in total. The third-order valence-corrected chi connectivity index (χ3v) is 3.81. The average molecular weight is 328 g/mol. The fraction of sp³-hybridized carbons (Fsp3) is 0.278. The molecule has 1 aliphatic heterocycles. The van der Waals surface area contributed by atoms with E-state index < -0.39 is 0 Å². The lowest BCUT2D eigenvalue weighted by atomic mass is 10.2. The van der Waals surface area contributed by atoms with Crippen LogP contribution in [0.2, 0.25) is 0 Å². The van der Waals surface area contributed by atoms with Crippen molar-refractivity contribution in [1.29, 1.82) is 0 Å². The summed E-state index contributed by atoms with van der Waals surface area (Å²) in [6.45, 7) is 1.20. The molecule has 0 spiro atoms. The van der Waals surface area contributed by atoms with Crippen molar-refractivity contribution in [3.8, 4) is 17.2 Å². The van der Waals surface area contributed by atoms with Gasteiger partial charge in [0.15, 0.2) is 11.5 Å². The zero-order valence-corrected chi connectivity index (χ0v) is 13.7. The van der Waals surface area contributed by atoms with Gasteiger partial charge in [0.05, 0.1) is 7.11 Å². The Hall–Kier alpha value is -2.89. The molecule has 0 radical (unpaired) electrons. The summed E-state index contributed by atoms with van der Waals surface area (Å²) in [5.41, 5.74) is 2.00. The van der Waals surface area contributed by atoms with Gasteiger partial charge in [0.25, 0.3) is 0 Å². The number of hydrogen-bond acceptors (Lipinski definition) is 4. The highest BCUT2D eigenvalue weighted by Crippen LogP contribution is 2.32. The molecule has 2 amide bonds. The summed E-state index contributed by atoms with van der Waals surface area (Å²) >= 11 is 0. The van der Waals surface area contributed by atoms with Crippen LogP contribution in [0.15, 0.2) is 42.5 Å². The number of ether oxygens (including phenoxy) is 3. The van der Waals surface area contributed by atoms with Crippen molar-refractivity contribution in [1.82, 2.24) is 10.2 Å². The van der Waals surface area contributed by atoms with Crippen molar-refractivity contribution < 1.29 is 19.0 Å². The maximum Gasteiger partial charge on any atom is 0.317 e. The van der Waals surface area contributed by atoms with Gasteiger partial charge in [-0.2, -0.15) is 0 Å². The van der Waals surface area contributed by atoms with E-state index in [0.717, 1.165) is 28.4 Å². The van der Waals surface area contributed by atoms with Crippen LogP contribution in [-0.4, -0.2) is 31.9 Å². The molecule has 0 aromatic heterocycles. The maximum absolute atomic E-state index is 12.2. The summed E-state index contributed by atoms with van der Waals surface area (Å²) in [6, 6.07) is 13.2. The fourth-order valence-electron chi connectivity index (χ4n) is 2.44. The zero-order valence-electron chi connectivity index (χ0n) is 13.7. The molecule has 0 unspecified atom stereocenters. The van der Waals surface area contributed by atoms with Crippen LogP contribution >= 0.6 is 0 Å². The fourth-order valence-corrected chi connectivity index (χ4v) is 2.44. The van der Waals surface area contributed by atoms with Crippen molar-refractivity contribution >= 4 is 6.03 Å². The van der Waals surface area contributed by atoms with Gasteiger partial charge in [-0.05, 0) is 35.4 Å². The summed E-state index contributed by atoms with van der Waals surface area (Å²) in [5, 5.41) is 2.90. The first-order chi connectivity index (χ1) is 11.7. The number of fused-ring (bicyclic) bond motifs is 1. The van der Waals surface area contributed by atoms with Crippen LogP contribution in [0.5, 0.6) is 17.2 Å². The Morgan fingerprint density at radius 2 is 1.83 bits per heavy atom. The molecule has 2 aromatic rings. The van der Waals surface area contributed by atoms with Gasteiger partial charge in [-0.1, -0.05) is 18.2 Å². The van der Waals surface area contributed by atoms with Gasteiger partial charge < -0.3 is 24.4 Å². The summed E-state index contributed by atoms with van der Waals surface area (Å²) < 4.78 is 15.8. The van der Waals surface area contributed by atoms with Gasteiger partial charge in [0.2, 0.25) is 6.79 Å². The smallest absolute Gasteiger partial charge is 0.317 e. The SMILES string of the molecule is COc1ccc(CNC(=O)N(C)Cc2ccc3c(c2)OCO3)cc1. The van der Waals surface area contributed by atoms with Crippen LogP contribution in [0.25, 0.3) is 0 Å². The van der Waals surface area contributed by atoms with Crippen LogP contribution in [-0.2, 0) is 13.1 Å². The molecule has 1 N–H and O–H groups in total. The quantitative estimate of drug-likeness (QED) is 0.917. The topological polar surface area (TPSA) is 60.0 Å². The molecule has 0 saturated heterocycles. The molecule has 1 aliphatic rings. The van der Waals surface area contributed by atoms with Crippen LogP contribution < -0.4 is 19.5 Å². The Morgan fingerprint density at radius 3 is 2.58 bits per heavy atom. The minimum Gasteiger partial charge on any atom is -0.497 e. The molecule has 3 rings (SSSR count). The molecular weight excluding hydrogens is 308 g/mol. The van der Waals surface area contributed by atoms with E-state index in [9.17, 15) is 4.79 Å². The highest BCUT2D eigenvalue weighted by atomic mass is 16.7. The lowest BCUT2D eigenvalue weighted by Crippen LogP contribution is -2.36. The lowest BCUT2D eigenvalue weighted by molar-refractivity contribution is 0.174. The third kappa shape index (κ3) is 3.71. The Morgan fingerprint density at radius 1 is 1.12 bits per heavy atom. The van der Waals surface area contributed by atoms with Gasteiger partial charge >= 0.3 is 6.03 Å². The highest BCUT2D eigenvalue weighted by molar-refractivity contribution is 5.73. The normalized spacial score (nSPS) is 11.9. The number of benzene rings is 2. The van der Waals surface area contributed by atoms with Gasteiger partial charge in [0, 0.05) is 20.1 Å². The van der Waals surface area contributed by atoms with Gasteiger partial charge in [-0.25, -0.2) is 4.79 Å². The summed E-state index contributed by atoms with van der Waals surface area (Å²) in [4.78, 5) is 13.8. The maximum atomic E-state index is 12.2. The summed E-state index contributed by atoms with van der Waals surface area (Å²) in [6.07, 6.45) is 0. The number of amides is 2. The largest absolute Gasteiger partial charge is 0.497 e. The van der Waals surface area contributed by atoms with E-state index in [1.807, 2.05) is 42.5 Å². The number of hydrogen-bond donors (Lipinski definition) is 1. The van der Waals surface area contributed by atoms with Crippen LogP contribution in [0.4, 0.5) is 4.79 Å². The van der Waals surface area contributed by atoms with Crippen molar-refractivity contribution in [3.63, 3.8) is 0 Å². The van der Waals surface area contributed by atoms with Crippen LogP contribution in [0.3, 0.4) is 0 Å². The molecule has 0 atom stereocenters. The van der Waals surface area contributed by atoms with Gasteiger partial charge in [0.1, 0.15) is 5.75 Å². The van der Waals surface area contributed by atoms with Crippen molar-refractivity contribution in [2.24, 2.45) is 0 Å². The van der Waals surface area contributed by atoms with E-state index >= 15 is 0 Å². The Bertz CT molecular complexity index is 715. The van der Waals surface area contributed by atoms with Crippen LogP contribution in [0, 0.1) is 0 Å². The first kappa shape index (κ1) is 16.0. The molecule has 6 heteroatoms. The van der Waals surface area contributed by atoms with E-state index in [-0.39, 0.29) is 12.8 Å². The summed E-state index contributed by atoms with van der Waals surface area (Å²) in [5.74, 6) is 2.26. The molecule has 0 bridgehead atoms. The van der Waals surface area contributed by atoms with Crippen molar-refractivity contribution in [2.45, 2.75) is 13.1 Å². The number of methoxy groups -OCH3 is 1. The van der Waals surface area contributed by atoms with E-state index in [1.54, 1.807) is 19.1 Å². The number of urea groups is 1. The van der Waals surface area contributed by atoms with E-state index in [4.69, 9.17) is 14.2 Å². The second kappa shape index (κ2) is 7.12. The molecule has 126 valence electrons. The Labute approximate surface area is 140 Å². The van der Waals surface area contributed by atoms with Crippen molar-refractivity contribution in [3.05, 3.63) is 53.6 Å². The first-order valence-corrected chi connectivity index (χ1v) is 7.66. The molecule has 2 aromatic carbocycles. The van der Waals surface area contributed by atoms with E-state index in [0.29, 0.717) is 13.1 Å². The third-order valence-electron chi connectivity index (χ3n) is 3.81. The molecule has 0 saturated carbocycles. The average Bonchev–Trinajstić information content (AvgIpc) is 3.07. The summed E-state index contributed by atoms with van der Waals surface area (Å²) in [7, 11) is 3.38. The second-order valence-electron chi connectivity index (χ2n) is 5.55. The number of nitrogens with zero attached hydrogens (tertiary/aromatic N) is 1. The lowest BCUT2D eigenvalue weighted by Gasteiger charge is -2.18. The highest BCUT2D eigenvalue weighted by Gasteiger charge is 2.15. The predicted octanol–water partition coefficient (Wildman–Crippen LogP) is 2.77. The minimum absolute atomic E-state index is 0.136. The van der Waals surface area contributed by atoms with E-state index in [2.05, 4.69) is 5.32 Å². The van der Waals surface area contributed by atoms with Crippen LogP contribution in [0.1, 0.15) is 11.1 Å². The standard InChI is InChI=1S/C18H20N2O4/c1-20(11-14-5-8-16-17(9-14)24-12-23-16)18(21)19-10-13-3-6-15(22-2)7-4-13/h3-9H,10-12H2,1-2H3,(H,19,21). The molecule has 0 fully saturated rings. The number of rotatable bonds is 5. The molecule has 24 heavy (non-hydrogen) atoms. The number of nitrogens with one attached hydrogen (secondary N) is 1. The molecule has 1 heterocycles. The number of carbonyl (C=O) groups excluding carboxylic acids is 1. The van der Waals surface area contributed by atoms with Crippen molar-refractivity contribution in [2.75, 3.05) is 21.0 Å². The monoisotopic (exact) mass is 328 g/mol. The van der Waals surface area contributed by atoms with E-state index in [1.165, 1.54) is 0 Å². The Balaban J connectivity index is 1.52. The zero-order chi connectivity index (χ0) is 16.9.